The first-order chi connectivity index (χ1) is 11.4. The molecular weight excluding hydrogens is 318 g/mol. The summed E-state index contributed by atoms with van der Waals surface area (Å²) in [5.41, 5.74) is 0.173. The van der Waals surface area contributed by atoms with Gasteiger partial charge in [-0.1, -0.05) is 12.7 Å². The molecule has 0 radical (unpaired) electrons. The molecule has 6 nitrogen and oxygen atoms in total. The fraction of sp³-hybridized carbons (Fsp3) is 0.684. The first-order valence-electron chi connectivity index (χ1n) is 8.65. The fourth-order valence-electron chi connectivity index (χ4n) is 2.50. The lowest BCUT2D eigenvalue weighted by Gasteiger charge is -2.40. The standard InChI is InChI=1S/C16H29N3O3.C3H6/c1-12(2)19(14(20)17(6)7)13-9-8-10-18(11-13)15(21)22-16(3,4)5;1-3-2/h13H,1,8-11H2,2-7H3;3H,1H2,2H3. The first-order valence-corrected chi connectivity index (χ1v) is 8.65. The van der Waals surface area contributed by atoms with Gasteiger partial charge in [-0.3, -0.25) is 4.90 Å². The Morgan fingerprint density at radius 3 is 2.20 bits per heavy atom. The molecule has 1 aliphatic heterocycles. The molecule has 0 aromatic heterocycles. The molecule has 1 atom stereocenters. The van der Waals surface area contributed by atoms with E-state index in [0.29, 0.717) is 18.8 Å². The number of amides is 3. The van der Waals surface area contributed by atoms with Crippen LogP contribution in [0.3, 0.4) is 0 Å². The molecule has 0 spiro atoms. The molecule has 1 saturated heterocycles. The third-order valence-corrected chi connectivity index (χ3v) is 3.41. The Balaban J connectivity index is 0.00000178. The van der Waals surface area contributed by atoms with Crippen LogP contribution in [0.4, 0.5) is 9.59 Å². The van der Waals surface area contributed by atoms with Crippen molar-refractivity contribution in [1.29, 1.82) is 0 Å². The van der Waals surface area contributed by atoms with Gasteiger partial charge in [0.05, 0.1) is 6.04 Å². The maximum Gasteiger partial charge on any atom is 0.410 e. The van der Waals surface area contributed by atoms with Crippen molar-refractivity contribution in [2.45, 2.75) is 59.1 Å². The van der Waals surface area contributed by atoms with E-state index in [4.69, 9.17) is 4.74 Å². The van der Waals surface area contributed by atoms with Crippen LogP contribution in [-0.4, -0.2) is 65.7 Å². The minimum absolute atomic E-state index is 0.0614. The van der Waals surface area contributed by atoms with Gasteiger partial charge in [0.1, 0.15) is 5.60 Å². The quantitative estimate of drug-likeness (QED) is 0.703. The summed E-state index contributed by atoms with van der Waals surface area (Å²) >= 11 is 0. The minimum atomic E-state index is -0.516. The smallest absolute Gasteiger partial charge is 0.410 e. The summed E-state index contributed by atoms with van der Waals surface area (Å²) < 4.78 is 5.42. The molecule has 144 valence electrons. The molecule has 1 aliphatic rings. The second-order valence-corrected chi connectivity index (χ2v) is 7.41. The third kappa shape index (κ3) is 8.09. The van der Waals surface area contributed by atoms with E-state index in [1.807, 2.05) is 34.6 Å². The number of hydrogen-bond acceptors (Lipinski definition) is 3. The number of carbonyl (C=O) groups excluding carboxylic acids is 2. The highest BCUT2D eigenvalue weighted by Crippen LogP contribution is 2.22. The number of ether oxygens (including phenoxy) is 1. The van der Waals surface area contributed by atoms with Crippen molar-refractivity contribution in [2.24, 2.45) is 0 Å². The Labute approximate surface area is 153 Å². The van der Waals surface area contributed by atoms with Gasteiger partial charge in [0.15, 0.2) is 0 Å². The summed E-state index contributed by atoms with van der Waals surface area (Å²) in [5.74, 6) is 0. The molecule has 1 fully saturated rings. The number of likely N-dealkylation sites (tertiary alicyclic amines) is 1. The predicted molar refractivity (Wildman–Crippen MR) is 102 cm³/mol. The normalized spacial score (nSPS) is 16.9. The summed E-state index contributed by atoms with van der Waals surface area (Å²) in [5, 5.41) is 0. The predicted octanol–water partition coefficient (Wildman–Crippen LogP) is 4.10. The van der Waals surface area contributed by atoms with Gasteiger partial charge in [-0.05, 0) is 47.5 Å². The average molecular weight is 354 g/mol. The summed E-state index contributed by atoms with van der Waals surface area (Å²) in [6, 6.07) is -0.169. The molecule has 0 saturated carbocycles. The first kappa shape index (κ1) is 23.0. The Morgan fingerprint density at radius 1 is 1.28 bits per heavy atom. The van der Waals surface area contributed by atoms with Crippen molar-refractivity contribution < 1.29 is 14.3 Å². The molecule has 6 heteroatoms. The maximum atomic E-state index is 12.3. The lowest BCUT2D eigenvalue weighted by Crippen LogP contribution is -2.53. The van der Waals surface area contributed by atoms with Gasteiger partial charge >= 0.3 is 12.1 Å². The number of rotatable bonds is 2. The van der Waals surface area contributed by atoms with E-state index in [1.54, 1.807) is 30.0 Å². The lowest BCUT2D eigenvalue weighted by molar-refractivity contribution is 0.0143. The van der Waals surface area contributed by atoms with Crippen LogP contribution in [0, 0.1) is 0 Å². The number of urea groups is 1. The SMILES string of the molecule is C=C(C)N(C(=O)N(C)C)C1CCCN(C(=O)OC(C)(C)C)C1.C=CC. The van der Waals surface area contributed by atoms with Gasteiger partial charge in [0.2, 0.25) is 0 Å². The van der Waals surface area contributed by atoms with Crippen LogP contribution in [0.15, 0.2) is 24.9 Å². The summed E-state index contributed by atoms with van der Waals surface area (Å²) in [7, 11) is 3.43. The maximum absolute atomic E-state index is 12.3. The number of allylic oxidation sites excluding steroid dienone is 2. The molecule has 0 N–H and O–H groups in total. The van der Waals surface area contributed by atoms with E-state index < -0.39 is 5.60 Å². The van der Waals surface area contributed by atoms with Crippen LogP contribution in [0.2, 0.25) is 0 Å². The number of carbonyl (C=O) groups is 2. The van der Waals surface area contributed by atoms with Crippen molar-refractivity contribution in [3.63, 3.8) is 0 Å². The van der Waals surface area contributed by atoms with Gasteiger partial charge in [-0.25, -0.2) is 9.59 Å². The van der Waals surface area contributed by atoms with E-state index in [2.05, 4.69) is 13.2 Å². The topological polar surface area (TPSA) is 53.1 Å². The summed E-state index contributed by atoms with van der Waals surface area (Å²) in [6.45, 7) is 17.7. The second-order valence-electron chi connectivity index (χ2n) is 7.41. The van der Waals surface area contributed by atoms with E-state index in [9.17, 15) is 9.59 Å². The molecular formula is C19H35N3O3. The van der Waals surface area contributed by atoms with E-state index >= 15 is 0 Å². The van der Waals surface area contributed by atoms with Gasteiger partial charge in [-0.15, -0.1) is 6.58 Å². The van der Waals surface area contributed by atoms with Crippen LogP contribution < -0.4 is 0 Å². The highest BCUT2D eigenvalue weighted by Gasteiger charge is 2.33. The molecule has 0 aromatic rings. The van der Waals surface area contributed by atoms with Gasteiger partial charge < -0.3 is 14.5 Å². The van der Waals surface area contributed by atoms with E-state index in [1.165, 1.54) is 4.90 Å². The number of piperidine rings is 1. The molecule has 0 aliphatic carbocycles. The second kappa shape index (κ2) is 10.1. The molecule has 0 aromatic carbocycles. The highest BCUT2D eigenvalue weighted by atomic mass is 16.6. The zero-order chi connectivity index (χ0) is 19.8. The zero-order valence-corrected chi connectivity index (χ0v) is 17.0. The Hall–Kier alpha value is -1.98. The van der Waals surface area contributed by atoms with E-state index in [-0.39, 0.29) is 18.2 Å². The summed E-state index contributed by atoms with van der Waals surface area (Å²) in [4.78, 5) is 29.5. The van der Waals surface area contributed by atoms with Gasteiger partial charge in [0.25, 0.3) is 0 Å². The summed E-state index contributed by atoms with van der Waals surface area (Å²) in [6.07, 6.45) is 3.12. The molecule has 3 amide bonds. The monoisotopic (exact) mass is 353 g/mol. The Kier molecular flexibility index (Phi) is 9.31. The molecule has 0 bridgehead atoms. The van der Waals surface area contributed by atoms with Gasteiger partial charge in [-0.2, -0.15) is 0 Å². The van der Waals surface area contributed by atoms with Crippen LogP contribution >= 0.6 is 0 Å². The minimum Gasteiger partial charge on any atom is -0.444 e. The van der Waals surface area contributed by atoms with Crippen molar-refractivity contribution >= 4 is 12.1 Å². The van der Waals surface area contributed by atoms with E-state index in [0.717, 1.165) is 12.8 Å². The highest BCUT2D eigenvalue weighted by molar-refractivity contribution is 5.76. The molecule has 1 heterocycles. The fourth-order valence-corrected chi connectivity index (χ4v) is 2.50. The van der Waals surface area contributed by atoms with Crippen molar-refractivity contribution in [2.75, 3.05) is 27.2 Å². The molecule has 25 heavy (non-hydrogen) atoms. The van der Waals surface area contributed by atoms with Crippen LogP contribution in [0.5, 0.6) is 0 Å². The van der Waals surface area contributed by atoms with Crippen LogP contribution in [0.1, 0.15) is 47.5 Å². The van der Waals surface area contributed by atoms with Crippen LogP contribution in [0.25, 0.3) is 0 Å². The third-order valence-electron chi connectivity index (χ3n) is 3.41. The largest absolute Gasteiger partial charge is 0.444 e. The van der Waals surface area contributed by atoms with Crippen molar-refractivity contribution in [1.82, 2.24) is 14.7 Å². The van der Waals surface area contributed by atoms with Crippen LogP contribution in [-0.2, 0) is 4.74 Å². The zero-order valence-electron chi connectivity index (χ0n) is 17.0. The Bertz CT molecular complexity index is 481. The lowest BCUT2D eigenvalue weighted by atomic mass is 10.0. The number of hydrogen-bond donors (Lipinski definition) is 0. The van der Waals surface area contributed by atoms with Crippen molar-refractivity contribution in [3.05, 3.63) is 24.9 Å². The Morgan fingerprint density at radius 2 is 1.80 bits per heavy atom. The average Bonchev–Trinajstić information content (AvgIpc) is 2.46. The molecule has 1 rings (SSSR count). The number of nitrogens with zero attached hydrogens (tertiary/aromatic N) is 3. The van der Waals surface area contributed by atoms with Crippen molar-refractivity contribution in [3.8, 4) is 0 Å². The van der Waals surface area contributed by atoms with Gasteiger partial charge in [0, 0.05) is 32.9 Å². The molecule has 1 unspecified atom stereocenters.